The predicted molar refractivity (Wildman–Crippen MR) is 76.8 cm³/mol. The van der Waals surface area contributed by atoms with Gasteiger partial charge in [-0.3, -0.25) is 9.78 Å². The summed E-state index contributed by atoms with van der Waals surface area (Å²) in [5.41, 5.74) is 6.55. The molecular formula is C12H10ClN3OS. The largest absolute Gasteiger partial charge is 0.393 e. The van der Waals surface area contributed by atoms with E-state index in [1.54, 1.807) is 24.4 Å². The quantitative estimate of drug-likeness (QED) is 0.847. The van der Waals surface area contributed by atoms with Crippen molar-refractivity contribution in [2.24, 2.45) is 5.73 Å². The molecule has 0 bridgehead atoms. The number of anilines is 1. The minimum Gasteiger partial charge on any atom is -0.393 e. The number of amides is 1. The van der Waals surface area contributed by atoms with Crippen LogP contribution >= 0.6 is 23.8 Å². The van der Waals surface area contributed by atoms with Gasteiger partial charge >= 0.3 is 0 Å². The zero-order chi connectivity index (χ0) is 13.1. The van der Waals surface area contributed by atoms with E-state index in [-0.39, 0.29) is 17.3 Å². The van der Waals surface area contributed by atoms with Crippen molar-refractivity contribution in [1.82, 2.24) is 4.98 Å². The third kappa shape index (κ3) is 2.75. The van der Waals surface area contributed by atoms with Crippen molar-refractivity contribution in [1.29, 1.82) is 0 Å². The first-order valence-electron chi connectivity index (χ1n) is 5.19. The minimum atomic E-state index is -0.267. The second kappa shape index (κ2) is 5.29. The van der Waals surface area contributed by atoms with Gasteiger partial charge in [0.25, 0.3) is 0 Å². The lowest BCUT2D eigenvalue weighted by atomic mass is 10.2. The highest BCUT2D eigenvalue weighted by atomic mass is 35.5. The number of carbonyl (C=O) groups excluding carboxylic acids is 1. The van der Waals surface area contributed by atoms with Crippen LogP contribution in [-0.4, -0.2) is 15.9 Å². The normalized spacial score (nSPS) is 10.3. The number of fused-ring (bicyclic) bond motifs is 1. The molecule has 1 aromatic heterocycles. The zero-order valence-electron chi connectivity index (χ0n) is 9.31. The Bertz CT molecular complexity index is 630. The van der Waals surface area contributed by atoms with Gasteiger partial charge in [-0.1, -0.05) is 23.8 Å². The number of benzene rings is 1. The maximum atomic E-state index is 11.6. The molecule has 0 aliphatic heterocycles. The number of hydrogen-bond donors (Lipinski definition) is 2. The van der Waals surface area contributed by atoms with Crippen LogP contribution in [0.1, 0.15) is 6.42 Å². The Balaban J connectivity index is 2.37. The molecule has 0 aliphatic rings. The number of aromatic nitrogens is 1. The van der Waals surface area contributed by atoms with Gasteiger partial charge in [0.1, 0.15) is 0 Å². The van der Waals surface area contributed by atoms with Gasteiger partial charge in [0.15, 0.2) is 0 Å². The summed E-state index contributed by atoms with van der Waals surface area (Å²) in [7, 11) is 0. The number of thiocarbonyl (C=S) groups is 1. The smallest absolute Gasteiger partial charge is 0.231 e. The number of nitrogens with two attached hydrogens (primary N) is 1. The van der Waals surface area contributed by atoms with Crippen molar-refractivity contribution >= 4 is 51.3 Å². The van der Waals surface area contributed by atoms with Gasteiger partial charge in [0, 0.05) is 11.6 Å². The second-order valence-corrected chi connectivity index (χ2v) is 4.62. The summed E-state index contributed by atoms with van der Waals surface area (Å²) in [6.07, 6.45) is 1.65. The van der Waals surface area contributed by atoms with E-state index in [0.717, 1.165) is 5.39 Å². The van der Waals surface area contributed by atoms with Gasteiger partial charge in [0.05, 0.1) is 27.6 Å². The summed E-state index contributed by atoms with van der Waals surface area (Å²) < 4.78 is 0. The Morgan fingerprint density at radius 1 is 1.44 bits per heavy atom. The van der Waals surface area contributed by atoms with Gasteiger partial charge in [-0.2, -0.15) is 0 Å². The molecule has 0 radical (unpaired) electrons. The first-order valence-corrected chi connectivity index (χ1v) is 5.98. The predicted octanol–water partition coefficient (Wildman–Crippen LogP) is 2.50. The summed E-state index contributed by atoms with van der Waals surface area (Å²) in [5, 5.41) is 4.09. The molecule has 18 heavy (non-hydrogen) atoms. The summed E-state index contributed by atoms with van der Waals surface area (Å²) in [6.45, 7) is 0. The number of nitrogens with zero attached hydrogens (tertiary/aromatic N) is 1. The molecule has 4 nitrogen and oxygen atoms in total. The molecule has 6 heteroatoms. The average Bonchev–Trinajstić information content (AvgIpc) is 2.32. The van der Waals surface area contributed by atoms with Crippen LogP contribution < -0.4 is 11.1 Å². The van der Waals surface area contributed by atoms with Crippen LogP contribution in [0.5, 0.6) is 0 Å². The highest BCUT2D eigenvalue weighted by Gasteiger charge is 2.09. The molecule has 3 N–H and O–H groups in total. The van der Waals surface area contributed by atoms with E-state index in [9.17, 15) is 4.79 Å². The maximum absolute atomic E-state index is 11.6. The average molecular weight is 280 g/mol. The van der Waals surface area contributed by atoms with E-state index in [1.807, 2.05) is 6.07 Å². The molecule has 1 aromatic carbocycles. The Morgan fingerprint density at radius 2 is 2.22 bits per heavy atom. The van der Waals surface area contributed by atoms with Crippen LogP contribution in [0.25, 0.3) is 10.9 Å². The van der Waals surface area contributed by atoms with E-state index >= 15 is 0 Å². The summed E-state index contributed by atoms with van der Waals surface area (Å²) in [5.74, 6) is -0.267. The Kier molecular flexibility index (Phi) is 3.74. The molecule has 0 aliphatic carbocycles. The van der Waals surface area contributed by atoms with Crippen molar-refractivity contribution in [3.8, 4) is 0 Å². The molecule has 0 spiro atoms. The number of rotatable bonds is 3. The molecule has 1 heterocycles. The van der Waals surface area contributed by atoms with Gasteiger partial charge in [-0.05, 0) is 24.3 Å². The fourth-order valence-electron chi connectivity index (χ4n) is 1.59. The number of hydrogen-bond acceptors (Lipinski definition) is 3. The third-order valence-corrected chi connectivity index (χ3v) is 2.80. The maximum Gasteiger partial charge on any atom is 0.231 e. The van der Waals surface area contributed by atoms with Crippen molar-refractivity contribution in [2.75, 3.05) is 5.32 Å². The fraction of sp³-hybridized carbons (Fsp3) is 0.0833. The number of halogens is 1. The van der Waals surface area contributed by atoms with Crippen molar-refractivity contribution in [2.45, 2.75) is 6.42 Å². The molecule has 0 saturated heterocycles. The molecule has 0 unspecified atom stereocenters. The first kappa shape index (κ1) is 12.7. The molecule has 92 valence electrons. The molecule has 1 amide bonds. The third-order valence-electron chi connectivity index (χ3n) is 2.33. The van der Waals surface area contributed by atoms with Crippen LogP contribution in [0.15, 0.2) is 30.5 Å². The van der Waals surface area contributed by atoms with Gasteiger partial charge < -0.3 is 11.1 Å². The number of nitrogens with one attached hydrogen (secondary N) is 1. The van der Waals surface area contributed by atoms with Crippen LogP contribution in [0.2, 0.25) is 5.02 Å². The molecule has 0 fully saturated rings. The lowest BCUT2D eigenvalue weighted by Crippen LogP contribution is -2.20. The highest BCUT2D eigenvalue weighted by Crippen LogP contribution is 2.27. The van der Waals surface area contributed by atoms with E-state index in [1.165, 1.54) is 0 Å². The Labute approximate surface area is 114 Å². The zero-order valence-corrected chi connectivity index (χ0v) is 10.9. The second-order valence-electron chi connectivity index (χ2n) is 3.69. The fourth-order valence-corrected chi connectivity index (χ4v) is 1.94. The van der Waals surface area contributed by atoms with Gasteiger partial charge in [-0.15, -0.1) is 0 Å². The number of carbonyl (C=O) groups is 1. The molecular weight excluding hydrogens is 270 g/mol. The van der Waals surface area contributed by atoms with E-state index < -0.39 is 0 Å². The van der Waals surface area contributed by atoms with Crippen LogP contribution in [0.4, 0.5) is 5.69 Å². The van der Waals surface area contributed by atoms with Crippen LogP contribution in [0, 0.1) is 0 Å². The molecule has 0 saturated carbocycles. The first-order chi connectivity index (χ1) is 8.58. The molecule has 2 aromatic rings. The standard InChI is InChI=1S/C12H10ClN3OS/c13-8-3-4-9(16-11(17)6-10(14)18)12-7(8)2-1-5-15-12/h1-5H,6H2,(H2,14,18)(H,16,17). The van der Waals surface area contributed by atoms with E-state index in [4.69, 9.17) is 17.3 Å². The monoisotopic (exact) mass is 279 g/mol. The van der Waals surface area contributed by atoms with E-state index in [0.29, 0.717) is 16.2 Å². The summed E-state index contributed by atoms with van der Waals surface area (Å²) in [6, 6.07) is 7.04. The lowest BCUT2D eigenvalue weighted by Gasteiger charge is -2.08. The SMILES string of the molecule is NC(=S)CC(=O)Nc1ccc(Cl)c2cccnc12. The topological polar surface area (TPSA) is 68.0 Å². The summed E-state index contributed by atoms with van der Waals surface area (Å²) >= 11 is 10.7. The van der Waals surface area contributed by atoms with Crippen molar-refractivity contribution < 1.29 is 4.79 Å². The van der Waals surface area contributed by atoms with E-state index in [2.05, 4.69) is 22.5 Å². The van der Waals surface area contributed by atoms with Gasteiger partial charge in [0.2, 0.25) is 5.91 Å². The molecule has 2 rings (SSSR count). The van der Waals surface area contributed by atoms with Crippen molar-refractivity contribution in [3.63, 3.8) is 0 Å². The highest BCUT2D eigenvalue weighted by molar-refractivity contribution is 7.80. The molecule has 0 atom stereocenters. The Morgan fingerprint density at radius 3 is 2.94 bits per heavy atom. The Hall–Kier alpha value is -1.72. The minimum absolute atomic E-state index is 0.00624. The van der Waals surface area contributed by atoms with Crippen LogP contribution in [0.3, 0.4) is 0 Å². The van der Waals surface area contributed by atoms with Crippen LogP contribution in [-0.2, 0) is 4.79 Å². The number of pyridine rings is 1. The van der Waals surface area contributed by atoms with Gasteiger partial charge in [-0.25, -0.2) is 0 Å². The summed E-state index contributed by atoms with van der Waals surface area (Å²) in [4.78, 5) is 16.0. The van der Waals surface area contributed by atoms with Crippen molar-refractivity contribution in [3.05, 3.63) is 35.5 Å². The lowest BCUT2D eigenvalue weighted by molar-refractivity contribution is -0.115.